The highest BCUT2D eigenvalue weighted by atomic mass is 16.5. The number of pyridine rings is 1. The van der Waals surface area contributed by atoms with Gasteiger partial charge in [0.2, 0.25) is 0 Å². The number of carboxylic acids is 1. The zero-order chi connectivity index (χ0) is 15.0. The monoisotopic (exact) mass is 286 g/mol. The normalized spacial score (nSPS) is 21.7. The van der Waals surface area contributed by atoms with Gasteiger partial charge in [0.25, 0.3) is 0 Å². The molecule has 5 heteroatoms. The molecule has 1 N–H and O–H groups in total. The van der Waals surface area contributed by atoms with Gasteiger partial charge >= 0.3 is 5.97 Å². The summed E-state index contributed by atoms with van der Waals surface area (Å²) < 4.78 is 5.38. The summed E-state index contributed by atoms with van der Waals surface area (Å²) in [6, 6.07) is 7.76. The molecule has 0 amide bonds. The highest BCUT2D eigenvalue weighted by molar-refractivity contribution is 5.96. The summed E-state index contributed by atoms with van der Waals surface area (Å²) in [5.74, 6) is 0.885. The lowest BCUT2D eigenvalue weighted by molar-refractivity contribution is -0.146. The van der Waals surface area contributed by atoms with Gasteiger partial charge in [0.1, 0.15) is 11.6 Å². The first-order valence-corrected chi connectivity index (χ1v) is 6.95. The average Bonchev–Trinajstić information content (AvgIpc) is 2.90. The zero-order valence-electron chi connectivity index (χ0n) is 12.2. The number of aliphatic carboxylic acids is 1. The number of aromatic nitrogens is 1. The van der Waals surface area contributed by atoms with Crippen LogP contribution in [0, 0.1) is 5.41 Å². The molecule has 1 unspecified atom stereocenters. The molecule has 1 atom stereocenters. The van der Waals surface area contributed by atoms with E-state index in [1.807, 2.05) is 24.3 Å². The Balaban J connectivity index is 2.05. The maximum Gasteiger partial charge on any atom is 0.311 e. The van der Waals surface area contributed by atoms with Crippen LogP contribution in [0.15, 0.2) is 30.5 Å². The number of nitrogens with zero attached hydrogens (tertiary/aromatic N) is 2. The molecule has 1 saturated heterocycles. The number of anilines is 1. The van der Waals surface area contributed by atoms with Gasteiger partial charge in [-0.05, 0) is 25.5 Å². The Morgan fingerprint density at radius 1 is 1.38 bits per heavy atom. The minimum atomic E-state index is -0.747. The quantitative estimate of drug-likeness (QED) is 0.939. The van der Waals surface area contributed by atoms with E-state index in [9.17, 15) is 9.90 Å². The molecule has 3 rings (SSSR count). The predicted molar refractivity (Wildman–Crippen MR) is 80.9 cm³/mol. The van der Waals surface area contributed by atoms with E-state index in [0.29, 0.717) is 19.5 Å². The molecule has 1 aliphatic heterocycles. The van der Waals surface area contributed by atoms with Crippen LogP contribution in [0.25, 0.3) is 10.8 Å². The number of rotatable bonds is 3. The number of methoxy groups -OCH3 is 1. The van der Waals surface area contributed by atoms with Crippen LogP contribution in [0.4, 0.5) is 5.82 Å². The van der Waals surface area contributed by atoms with Crippen molar-refractivity contribution in [1.82, 2.24) is 4.98 Å². The van der Waals surface area contributed by atoms with Gasteiger partial charge in [-0.3, -0.25) is 4.79 Å². The lowest BCUT2D eigenvalue weighted by Crippen LogP contribution is -2.32. The van der Waals surface area contributed by atoms with Gasteiger partial charge in [0, 0.05) is 30.1 Å². The number of fused-ring (bicyclic) bond motifs is 1. The first-order valence-electron chi connectivity index (χ1n) is 6.95. The van der Waals surface area contributed by atoms with Gasteiger partial charge < -0.3 is 14.7 Å². The van der Waals surface area contributed by atoms with Crippen molar-refractivity contribution in [2.75, 3.05) is 25.1 Å². The van der Waals surface area contributed by atoms with Crippen LogP contribution in [0.3, 0.4) is 0 Å². The second kappa shape index (κ2) is 4.91. The molecule has 110 valence electrons. The molecule has 0 aliphatic carbocycles. The lowest BCUT2D eigenvalue weighted by Gasteiger charge is -2.22. The number of ether oxygens (including phenoxy) is 1. The predicted octanol–water partition coefficient (Wildman–Crippen LogP) is 2.54. The third-order valence-electron chi connectivity index (χ3n) is 4.25. The standard InChI is InChI=1S/C16H18N2O3/c1-16(15(19)20)7-9-18(10-16)14-12-4-3-5-13(21-2)11(12)6-8-17-14/h3-6,8H,7,9-10H2,1-2H3,(H,19,20). The molecule has 5 nitrogen and oxygen atoms in total. The third kappa shape index (κ3) is 2.18. The summed E-state index contributed by atoms with van der Waals surface area (Å²) in [4.78, 5) is 17.9. The summed E-state index contributed by atoms with van der Waals surface area (Å²) in [5, 5.41) is 11.4. The lowest BCUT2D eigenvalue weighted by atomic mass is 9.90. The van der Waals surface area contributed by atoms with Crippen molar-refractivity contribution in [2.24, 2.45) is 5.41 Å². The minimum Gasteiger partial charge on any atom is -0.496 e. The van der Waals surface area contributed by atoms with E-state index in [1.54, 1.807) is 20.2 Å². The van der Waals surface area contributed by atoms with E-state index in [-0.39, 0.29) is 0 Å². The summed E-state index contributed by atoms with van der Waals surface area (Å²) in [7, 11) is 1.65. The summed E-state index contributed by atoms with van der Waals surface area (Å²) in [6.07, 6.45) is 2.38. The van der Waals surface area contributed by atoms with Crippen LogP contribution in [-0.2, 0) is 4.79 Å². The van der Waals surface area contributed by atoms with E-state index in [0.717, 1.165) is 22.3 Å². The molecule has 1 aromatic heterocycles. The zero-order valence-corrected chi connectivity index (χ0v) is 12.2. The van der Waals surface area contributed by atoms with E-state index in [4.69, 9.17) is 4.74 Å². The second-order valence-electron chi connectivity index (χ2n) is 5.73. The van der Waals surface area contributed by atoms with Crippen LogP contribution in [0.2, 0.25) is 0 Å². The van der Waals surface area contributed by atoms with Crippen LogP contribution < -0.4 is 9.64 Å². The fraction of sp³-hybridized carbons (Fsp3) is 0.375. The SMILES string of the molecule is COc1cccc2c(N3CCC(C)(C(=O)O)C3)nccc12. The van der Waals surface area contributed by atoms with Crippen LogP contribution in [-0.4, -0.2) is 36.3 Å². The van der Waals surface area contributed by atoms with Crippen LogP contribution in [0.1, 0.15) is 13.3 Å². The fourth-order valence-corrected chi connectivity index (χ4v) is 2.91. The van der Waals surface area contributed by atoms with Gasteiger partial charge in [0.05, 0.1) is 12.5 Å². The molecule has 1 aliphatic rings. The Morgan fingerprint density at radius 2 is 2.19 bits per heavy atom. The first-order chi connectivity index (χ1) is 10.0. The summed E-state index contributed by atoms with van der Waals surface area (Å²) in [5.41, 5.74) is -0.706. The van der Waals surface area contributed by atoms with Crippen LogP contribution in [0.5, 0.6) is 5.75 Å². The topological polar surface area (TPSA) is 62.7 Å². The van der Waals surface area contributed by atoms with E-state index >= 15 is 0 Å². The second-order valence-corrected chi connectivity index (χ2v) is 5.73. The van der Waals surface area contributed by atoms with Gasteiger partial charge in [-0.15, -0.1) is 0 Å². The molecule has 1 aromatic carbocycles. The number of benzene rings is 1. The van der Waals surface area contributed by atoms with Gasteiger partial charge in [-0.1, -0.05) is 12.1 Å². The molecule has 2 aromatic rings. The van der Waals surface area contributed by atoms with E-state index in [2.05, 4.69) is 9.88 Å². The molecule has 1 fully saturated rings. The molecule has 2 heterocycles. The molecular weight excluding hydrogens is 268 g/mol. The van der Waals surface area contributed by atoms with Crippen molar-refractivity contribution >= 4 is 22.6 Å². The largest absolute Gasteiger partial charge is 0.496 e. The Morgan fingerprint density at radius 3 is 2.86 bits per heavy atom. The molecule has 0 radical (unpaired) electrons. The van der Waals surface area contributed by atoms with Crippen molar-refractivity contribution < 1.29 is 14.6 Å². The van der Waals surface area contributed by atoms with Gasteiger partial charge in [-0.2, -0.15) is 0 Å². The Bertz CT molecular complexity index is 701. The summed E-state index contributed by atoms with van der Waals surface area (Å²) >= 11 is 0. The van der Waals surface area contributed by atoms with Gasteiger partial charge in [0.15, 0.2) is 0 Å². The first kappa shape index (κ1) is 13.7. The maximum atomic E-state index is 11.4. The van der Waals surface area contributed by atoms with Crippen molar-refractivity contribution in [3.05, 3.63) is 30.5 Å². The Hall–Kier alpha value is -2.30. The maximum absolute atomic E-state index is 11.4. The Kier molecular flexibility index (Phi) is 3.20. The van der Waals surface area contributed by atoms with E-state index < -0.39 is 11.4 Å². The molecule has 0 spiro atoms. The average molecular weight is 286 g/mol. The highest BCUT2D eigenvalue weighted by Gasteiger charge is 2.41. The van der Waals surface area contributed by atoms with E-state index in [1.165, 1.54) is 0 Å². The van der Waals surface area contributed by atoms with Crippen molar-refractivity contribution in [1.29, 1.82) is 0 Å². The fourth-order valence-electron chi connectivity index (χ4n) is 2.91. The van der Waals surface area contributed by atoms with Crippen molar-refractivity contribution in [3.63, 3.8) is 0 Å². The smallest absolute Gasteiger partial charge is 0.311 e. The number of carboxylic acid groups (broad SMARTS) is 1. The number of carbonyl (C=O) groups is 1. The third-order valence-corrected chi connectivity index (χ3v) is 4.25. The molecule has 21 heavy (non-hydrogen) atoms. The van der Waals surface area contributed by atoms with Crippen LogP contribution >= 0.6 is 0 Å². The Labute approximate surface area is 123 Å². The number of hydrogen-bond donors (Lipinski definition) is 1. The molecular formula is C16H18N2O3. The van der Waals surface area contributed by atoms with Gasteiger partial charge in [-0.25, -0.2) is 4.98 Å². The number of hydrogen-bond acceptors (Lipinski definition) is 4. The molecule has 0 saturated carbocycles. The van der Waals surface area contributed by atoms with Crippen molar-refractivity contribution in [3.8, 4) is 5.75 Å². The highest BCUT2D eigenvalue weighted by Crippen LogP contribution is 2.37. The summed E-state index contributed by atoms with van der Waals surface area (Å²) in [6.45, 7) is 2.97. The minimum absolute atomic E-state index is 0.478. The molecule has 0 bridgehead atoms. The van der Waals surface area contributed by atoms with Crippen molar-refractivity contribution in [2.45, 2.75) is 13.3 Å².